The van der Waals surface area contributed by atoms with Crippen molar-refractivity contribution in [2.45, 2.75) is 12.9 Å². The molecular formula is C22H25F3N2O4. The Kier molecular flexibility index (Phi) is 7.75. The number of hydrogen-bond acceptors (Lipinski definition) is 5. The second kappa shape index (κ2) is 10.5. The zero-order chi connectivity index (χ0) is 22.3. The van der Waals surface area contributed by atoms with Gasteiger partial charge >= 0.3 is 6.36 Å². The van der Waals surface area contributed by atoms with Crippen molar-refractivity contribution in [1.82, 2.24) is 9.80 Å². The van der Waals surface area contributed by atoms with Crippen LogP contribution in [0.1, 0.15) is 15.9 Å². The maximum absolute atomic E-state index is 13.0. The molecule has 0 unspecified atom stereocenters. The Balaban J connectivity index is 1.52. The molecule has 0 radical (unpaired) electrons. The quantitative estimate of drug-likeness (QED) is 0.590. The van der Waals surface area contributed by atoms with Gasteiger partial charge in [0.25, 0.3) is 5.91 Å². The van der Waals surface area contributed by atoms with Crippen LogP contribution in [0.4, 0.5) is 13.2 Å². The highest BCUT2D eigenvalue weighted by Gasteiger charge is 2.31. The fourth-order valence-electron chi connectivity index (χ4n) is 3.34. The molecule has 2 aromatic rings. The van der Waals surface area contributed by atoms with Crippen molar-refractivity contribution in [3.05, 3.63) is 59.7 Å². The van der Waals surface area contributed by atoms with Crippen LogP contribution in [0.5, 0.6) is 11.5 Å². The minimum absolute atomic E-state index is 0.0821. The van der Waals surface area contributed by atoms with E-state index in [-0.39, 0.29) is 11.7 Å². The summed E-state index contributed by atoms with van der Waals surface area (Å²) in [6.45, 7) is 3.83. The Hall–Kier alpha value is -2.78. The number of halogens is 3. The van der Waals surface area contributed by atoms with Gasteiger partial charge in [-0.25, -0.2) is 0 Å². The number of methoxy groups -OCH3 is 1. The number of ether oxygens (including phenoxy) is 3. The van der Waals surface area contributed by atoms with E-state index in [9.17, 15) is 18.0 Å². The normalized spacial score (nSPS) is 15.0. The van der Waals surface area contributed by atoms with Gasteiger partial charge in [-0.1, -0.05) is 24.3 Å². The van der Waals surface area contributed by atoms with E-state index in [2.05, 4.69) is 9.64 Å². The maximum atomic E-state index is 13.0. The van der Waals surface area contributed by atoms with Crippen LogP contribution < -0.4 is 9.47 Å². The Morgan fingerprint density at radius 2 is 1.65 bits per heavy atom. The van der Waals surface area contributed by atoms with Gasteiger partial charge in [0.15, 0.2) is 0 Å². The topological polar surface area (TPSA) is 51.2 Å². The summed E-state index contributed by atoms with van der Waals surface area (Å²) in [7, 11) is 1.59. The average Bonchev–Trinajstić information content (AvgIpc) is 2.75. The second-order valence-corrected chi connectivity index (χ2v) is 7.10. The van der Waals surface area contributed by atoms with Crippen LogP contribution in [0.3, 0.4) is 0 Å². The summed E-state index contributed by atoms with van der Waals surface area (Å²) in [5.41, 5.74) is 1.40. The SMILES string of the molecule is COCCOc1ccccc1C(=O)N1CCN(Cc2ccc(OC(F)(F)F)cc2)CC1. The first-order valence-electron chi connectivity index (χ1n) is 9.93. The highest BCUT2D eigenvalue weighted by Crippen LogP contribution is 2.24. The largest absolute Gasteiger partial charge is 0.573 e. The van der Waals surface area contributed by atoms with Gasteiger partial charge in [0.1, 0.15) is 18.1 Å². The lowest BCUT2D eigenvalue weighted by Crippen LogP contribution is -2.48. The lowest BCUT2D eigenvalue weighted by atomic mass is 10.1. The number of piperazine rings is 1. The maximum Gasteiger partial charge on any atom is 0.573 e. The van der Waals surface area contributed by atoms with E-state index in [0.717, 1.165) is 5.56 Å². The number of para-hydroxylation sites is 1. The van der Waals surface area contributed by atoms with Gasteiger partial charge in [-0.3, -0.25) is 9.69 Å². The molecule has 0 aliphatic carbocycles. The molecule has 168 valence electrons. The van der Waals surface area contributed by atoms with E-state index < -0.39 is 6.36 Å². The molecule has 0 N–H and O–H groups in total. The molecule has 1 amide bonds. The van der Waals surface area contributed by atoms with E-state index in [1.807, 2.05) is 6.07 Å². The van der Waals surface area contributed by atoms with Crippen LogP contribution in [0.25, 0.3) is 0 Å². The number of amides is 1. The lowest BCUT2D eigenvalue weighted by Gasteiger charge is -2.35. The minimum Gasteiger partial charge on any atom is -0.490 e. The Morgan fingerprint density at radius 3 is 2.29 bits per heavy atom. The van der Waals surface area contributed by atoms with Gasteiger partial charge in [0, 0.05) is 39.8 Å². The highest BCUT2D eigenvalue weighted by atomic mass is 19.4. The first-order valence-corrected chi connectivity index (χ1v) is 9.93. The monoisotopic (exact) mass is 438 g/mol. The van der Waals surface area contributed by atoms with Crippen LogP contribution in [-0.2, 0) is 11.3 Å². The van der Waals surface area contributed by atoms with Gasteiger partial charge in [0.2, 0.25) is 0 Å². The number of benzene rings is 2. The van der Waals surface area contributed by atoms with E-state index in [1.54, 1.807) is 42.3 Å². The van der Waals surface area contributed by atoms with Crippen molar-refractivity contribution in [3.63, 3.8) is 0 Å². The van der Waals surface area contributed by atoms with Crippen LogP contribution in [0.15, 0.2) is 48.5 Å². The fourth-order valence-corrected chi connectivity index (χ4v) is 3.34. The van der Waals surface area contributed by atoms with Gasteiger partial charge in [0.05, 0.1) is 12.2 Å². The number of hydrogen-bond donors (Lipinski definition) is 0. The Morgan fingerprint density at radius 1 is 0.968 bits per heavy atom. The Labute approximate surface area is 179 Å². The van der Waals surface area contributed by atoms with Crippen molar-refractivity contribution in [3.8, 4) is 11.5 Å². The summed E-state index contributed by atoms with van der Waals surface area (Å²) in [6.07, 6.45) is -4.70. The summed E-state index contributed by atoms with van der Waals surface area (Å²) in [6, 6.07) is 13.0. The number of nitrogens with zero attached hydrogens (tertiary/aromatic N) is 2. The van der Waals surface area contributed by atoms with Crippen molar-refractivity contribution in [2.75, 3.05) is 46.5 Å². The average molecular weight is 438 g/mol. The number of carbonyl (C=O) groups excluding carboxylic acids is 1. The van der Waals surface area contributed by atoms with Crippen LogP contribution in [0, 0.1) is 0 Å². The van der Waals surface area contributed by atoms with Gasteiger partial charge in [-0.15, -0.1) is 13.2 Å². The zero-order valence-electron chi connectivity index (χ0n) is 17.2. The molecule has 1 heterocycles. The molecule has 0 aromatic heterocycles. The van der Waals surface area contributed by atoms with Crippen molar-refractivity contribution < 1.29 is 32.2 Å². The van der Waals surface area contributed by atoms with E-state index in [4.69, 9.17) is 9.47 Å². The summed E-state index contributed by atoms with van der Waals surface area (Å²) >= 11 is 0. The molecule has 1 saturated heterocycles. The first-order chi connectivity index (χ1) is 14.9. The molecule has 9 heteroatoms. The summed E-state index contributed by atoms with van der Waals surface area (Å²) in [4.78, 5) is 16.9. The van der Waals surface area contributed by atoms with Crippen molar-refractivity contribution >= 4 is 5.91 Å². The first kappa shape index (κ1) is 22.9. The molecule has 0 bridgehead atoms. The third kappa shape index (κ3) is 6.86. The highest BCUT2D eigenvalue weighted by molar-refractivity contribution is 5.97. The number of rotatable bonds is 8. The molecule has 0 atom stereocenters. The third-order valence-electron chi connectivity index (χ3n) is 4.89. The van der Waals surface area contributed by atoms with E-state index in [0.29, 0.717) is 57.3 Å². The summed E-state index contributed by atoms with van der Waals surface area (Å²) in [5, 5.41) is 0. The molecule has 0 saturated carbocycles. The van der Waals surface area contributed by atoms with Gasteiger partial charge in [-0.2, -0.15) is 0 Å². The van der Waals surface area contributed by atoms with Crippen LogP contribution >= 0.6 is 0 Å². The Bertz CT molecular complexity index is 851. The number of alkyl halides is 3. The molecule has 1 aliphatic rings. The summed E-state index contributed by atoms with van der Waals surface area (Å²) in [5.74, 6) is 0.215. The molecule has 2 aromatic carbocycles. The van der Waals surface area contributed by atoms with E-state index in [1.165, 1.54) is 12.1 Å². The van der Waals surface area contributed by atoms with Crippen molar-refractivity contribution in [2.24, 2.45) is 0 Å². The predicted octanol–water partition coefficient (Wildman–Crippen LogP) is 3.57. The molecule has 1 fully saturated rings. The predicted molar refractivity (Wildman–Crippen MR) is 108 cm³/mol. The standard InChI is InChI=1S/C22H25F3N2O4/c1-29-14-15-30-20-5-3-2-4-19(20)21(28)27-12-10-26(11-13-27)16-17-6-8-18(9-7-17)31-22(23,24)25/h2-9H,10-16H2,1H3. The van der Waals surface area contributed by atoms with Crippen LogP contribution in [0.2, 0.25) is 0 Å². The van der Waals surface area contributed by atoms with Gasteiger partial charge in [-0.05, 0) is 29.8 Å². The smallest absolute Gasteiger partial charge is 0.490 e. The minimum atomic E-state index is -4.70. The fraction of sp³-hybridized carbons (Fsp3) is 0.409. The summed E-state index contributed by atoms with van der Waals surface area (Å²) < 4.78 is 51.3. The lowest BCUT2D eigenvalue weighted by molar-refractivity contribution is -0.274. The van der Waals surface area contributed by atoms with Crippen LogP contribution in [-0.4, -0.2) is 68.6 Å². The molecule has 3 rings (SSSR count). The molecule has 0 spiro atoms. The molecule has 1 aliphatic heterocycles. The number of carbonyl (C=O) groups is 1. The third-order valence-corrected chi connectivity index (χ3v) is 4.89. The van der Waals surface area contributed by atoms with E-state index >= 15 is 0 Å². The zero-order valence-corrected chi connectivity index (χ0v) is 17.2. The van der Waals surface area contributed by atoms with Crippen molar-refractivity contribution in [1.29, 1.82) is 0 Å². The second-order valence-electron chi connectivity index (χ2n) is 7.10. The molecule has 31 heavy (non-hydrogen) atoms. The van der Waals surface area contributed by atoms with Gasteiger partial charge < -0.3 is 19.1 Å². The molecular weight excluding hydrogens is 413 g/mol. The molecule has 6 nitrogen and oxygen atoms in total.